The van der Waals surface area contributed by atoms with E-state index in [-0.39, 0.29) is 16.7 Å². The highest BCUT2D eigenvalue weighted by molar-refractivity contribution is 6.28. The van der Waals surface area contributed by atoms with Gasteiger partial charge >= 0.3 is 0 Å². The number of amides is 1. The molecule has 0 radical (unpaired) electrons. The first-order chi connectivity index (χ1) is 9.30. The molecular formula is C12H21ClN6O. The minimum atomic E-state index is -0.230. The molecule has 0 bridgehead atoms. The van der Waals surface area contributed by atoms with Crippen LogP contribution in [0.5, 0.6) is 0 Å². The molecule has 1 heterocycles. The summed E-state index contributed by atoms with van der Waals surface area (Å²) in [5.41, 5.74) is -0.230. The Morgan fingerprint density at radius 3 is 2.30 bits per heavy atom. The first-order valence-corrected chi connectivity index (χ1v) is 6.88. The molecule has 8 heteroatoms. The van der Waals surface area contributed by atoms with Crippen molar-refractivity contribution in [2.45, 2.75) is 39.7 Å². The van der Waals surface area contributed by atoms with Crippen LogP contribution in [0.2, 0.25) is 5.28 Å². The monoisotopic (exact) mass is 300 g/mol. The molecule has 1 aromatic rings. The van der Waals surface area contributed by atoms with E-state index < -0.39 is 0 Å². The second-order valence-electron chi connectivity index (χ2n) is 5.26. The summed E-state index contributed by atoms with van der Waals surface area (Å²) in [6.07, 6.45) is 0.330. The molecule has 0 spiro atoms. The number of rotatable bonds is 6. The van der Waals surface area contributed by atoms with Gasteiger partial charge in [0.1, 0.15) is 0 Å². The van der Waals surface area contributed by atoms with Crippen LogP contribution in [0.3, 0.4) is 0 Å². The van der Waals surface area contributed by atoms with Crippen LogP contribution in [0.1, 0.15) is 34.1 Å². The molecule has 0 fully saturated rings. The van der Waals surface area contributed by atoms with E-state index in [9.17, 15) is 4.79 Å². The molecular weight excluding hydrogens is 280 g/mol. The zero-order valence-electron chi connectivity index (χ0n) is 12.2. The van der Waals surface area contributed by atoms with Gasteiger partial charge in [0.15, 0.2) is 0 Å². The second kappa shape index (κ2) is 7.23. The Balaban J connectivity index is 2.47. The van der Waals surface area contributed by atoms with E-state index in [2.05, 4.69) is 30.9 Å². The molecule has 0 saturated heterocycles. The first kappa shape index (κ1) is 16.4. The standard InChI is InChI=1S/C12H21ClN6O/c1-5-14-10-16-9(13)17-11(18-10)15-7-6-8(20)19-12(2,3)4/h5-7H2,1-4H3,(H,19,20)(H2,14,15,16,17,18). The molecule has 1 aromatic heterocycles. The van der Waals surface area contributed by atoms with E-state index in [1.807, 2.05) is 27.7 Å². The van der Waals surface area contributed by atoms with Gasteiger partial charge in [-0.25, -0.2) is 0 Å². The molecule has 0 unspecified atom stereocenters. The Hall–Kier alpha value is -1.63. The van der Waals surface area contributed by atoms with Gasteiger partial charge in [0.05, 0.1) is 0 Å². The third-order valence-corrected chi connectivity index (χ3v) is 2.26. The SMILES string of the molecule is CCNc1nc(Cl)nc(NCCC(=O)NC(C)(C)C)n1. The molecule has 0 atom stereocenters. The van der Waals surface area contributed by atoms with Gasteiger partial charge in [-0.15, -0.1) is 0 Å². The van der Waals surface area contributed by atoms with Crippen molar-refractivity contribution in [1.82, 2.24) is 20.3 Å². The van der Waals surface area contributed by atoms with Crippen LogP contribution in [-0.2, 0) is 4.79 Å². The van der Waals surface area contributed by atoms with E-state index in [0.717, 1.165) is 0 Å². The maximum absolute atomic E-state index is 11.6. The predicted octanol–water partition coefficient (Wildman–Crippen LogP) is 1.67. The van der Waals surface area contributed by atoms with Crippen molar-refractivity contribution in [3.8, 4) is 0 Å². The Morgan fingerprint density at radius 2 is 1.75 bits per heavy atom. The van der Waals surface area contributed by atoms with E-state index >= 15 is 0 Å². The molecule has 1 rings (SSSR count). The maximum atomic E-state index is 11.6. The highest BCUT2D eigenvalue weighted by Gasteiger charge is 2.13. The molecule has 1 amide bonds. The van der Waals surface area contributed by atoms with Crippen LogP contribution in [0.4, 0.5) is 11.9 Å². The van der Waals surface area contributed by atoms with Crippen LogP contribution in [-0.4, -0.2) is 39.5 Å². The lowest BCUT2D eigenvalue weighted by Crippen LogP contribution is -2.41. The van der Waals surface area contributed by atoms with Crippen LogP contribution in [0, 0.1) is 0 Å². The van der Waals surface area contributed by atoms with Crippen molar-refractivity contribution in [1.29, 1.82) is 0 Å². The van der Waals surface area contributed by atoms with Crippen LogP contribution < -0.4 is 16.0 Å². The Labute approximate surface area is 123 Å². The number of nitrogens with zero attached hydrogens (tertiary/aromatic N) is 3. The molecule has 0 aliphatic heterocycles. The Bertz CT molecular complexity index is 460. The fraction of sp³-hybridized carbons (Fsp3) is 0.667. The number of carbonyl (C=O) groups excluding carboxylic acids is 1. The zero-order valence-corrected chi connectivity index (χ0v) is 13.0. The van der Waals surface area contributed by atoms with Gasteiger partial charge in [-0.2, -0.15) is 15.0 Å². The average molecular weight is 301 g/mol. The van der Waals surface area contributed by atoms with Gasteiger partial charge < -0.3 is 16.0 Å². The molecule has 112 valence electrons. The number of anilines is 2. The zero-order chi connectivity index (χ0) is 15.2. The number of hydrogen-bond acceptors (Lipinski definition) is 6. The van der Waals surface area contributed by atoms with Crippen molar-refractivity contribution in [3.05, 3.63) is 5.28 Å². The predicted molar refractivity (Wildman–Crippen MR) is 80.0 cm³/mol. The van der Waals surface area contributed by atoms with Crippen LogP contribution in [0.25, 0.3) is 0 Å². The lowest BCUT2D eigenvalue weighted by molar-refractivity contribution is -0.122. The van der Waals surface area contributed by atoms with Crippen molar-refractivity contribution < 1.29 is 4.79 Å². The fourth-order valence-electron chi connectivity index (χ4n) is 1.43. The molecule has 0 aliphatic rings. The summed E-state index contributed by atoms with van der Waals surface area (Å²) in [5, 5.41) is 8.89. The maximum Gasteiger partial charge on any atom is 0.228 e. The molecule has 0 aromatic carbocycles. The summed E-state index contributed by atoms with van der Waals surface area (Å²) in [7, 11) is 0. The largest absolute Gasteiger partial charge is 0.354 e. The molecule has 7 nitrogen and oxygen atoms in total. The normalized spacial score (nSPS) is 11.1. The summed E-state index contributed by atoms with van der Waals surface area (Å²) >= 11 is 5.79. The summed E-state index contributed by atoms with van der Waals surface area (Å²) < 4.78 is 0. The van der Waals surface area contributed by atoms with Gasteiger partial charge in [-0.05, 0) is 39.3 Å². The quantitative estimate of drug-likeness (QED) is 0.740. The summed E-state index contributed by atoms with van der Waals surface area (Å²) in [4.78, 5) is 23.7. The van der Waals surface area contributed by atoms with Crippen molar-refractivity contribution in [3.63, 3.8) is 0 Å². The number of nitrogens with one attached hydrogen (secondary N) is 3. The van der Waals surface area contributed by atoms with Crippen LogP contribution in [0.15, 0.2) is 0 Å². The molecule has 20 heavy (non-hydrogen) atoms. The Morgan fingerprint density at radius 1 is 1.15 bits per heavy atom. The van der Waals surface area contributed by atoms with E-state index in [1.54, 1.807) is 0 Å². The van der Waals surface area contributed by atoms with Crippen molar-refractivity contribution >= 4 is 29.4 Å². The number of hydrogen-bond donors (Lipinski definition) is 3. The van der Waals surface area contributed by atoms with E-state index in [4.69, 9.17) is 11.6 Å². The number of halogens is 1. The lowest BCUT2D eigenvalue weighted by atomic mass is 10.1. The Kier molecular flexibility index (Phi) is 5.94. The number of carbonyl (C=O) groups is 1. The molecule has 3 N–H and O–H groups in total. The minimum absolute atomic E-state index is 0.0305. The smallest absolute Gasteiger partial charge is 0.228 e. The van der Waals surface area contributed by atoms with Crippen molar-refractivity contribution in [2.24, 2.45) is 0 Å². The van der Waals surface area contributed by atoms with Gasteiger partial charge in [0, 0.05) is 25.0 Å². The lowest BCUT2D eigenvalue weighted by Gasteiger charge is -2.20. The van der Waals surface area contributed by atoms with Gasteiger partial charge in [0.2, 0.25) is 23.1 Å². The van der Waals surface area contributed by atoms with Gasteiger partial charge in [-0.3, -0.25) is 4.79 Å². The van der Waals surface area contributed by atoms with Gasteiger partial charge in [-0.1, -0.05) is 0 Å². The molecule has 0 aliphatic carbocycles. The summed E-state index contributed by atoms with van der Waals surface area (Å²) in [6, 6.07) is 0. The van der Waals surface area contributed by atoms with E-state index in [1.165, 1.54) is 0 Å². The van der Waals surface area contributed by atoms with E-state index in [0.29, 0.717) is 31.4 Å². The number of aromatic nitrogens is 3. The third-order valence-electron chi connectivity index (χ3n) is 2.09. The highest BCUT2D eigenvalue weighted by Crippen LogP contribution is 2.09. The van der Waals surface area contributed by atoms with Crippen molar-refractivity contribution in [2.75, 3.05) is 23.7 Å². The highest BCUT2D eigenvalue weighted by atomic mass is 35.5. The average Bonchev–Trinajstić information content (AvgIpc) is 2.26. The minimum Gasteiger partial charge on any atom is -0.354 e. The third kappa shape index (κ3) is 6.51. The summed E-state index contributed by atoms with van der Waals surface area (Å²) in [6.45, 7) is 8.86. The first-order valence-electron chi connectivity index (χ1n) is 6.50. The molecule has 0 saturated carbocycles. The summed E-state index contributed by atoms with van der Waals surface area (Å²) in [5.74, 6) is 0.732. The van der Waals surface area contributed by atoms with Gasteiger partial charge in [0.25, 0.3) is 0 Å². The topological polar surface area (TPSA) is 91.8 Å². The second-order valence-corrected chi connectivity index (χ2v) is 5.59. The fourth-order valence-corrected chi connectivity index (χ4v) is 1.60. The van der Waals surface area contributed by atoms with Crippen LogP contribution >= 0.6 is 11.6 Å².